The van der Waals surface area contributed by atoms with Gasteiger partial charge in [0.05, 0.1) is 11.6 Å². The minimum absolute atomic E-state index is 0.497. The Morgan fingerprint density at radius 3 is 0.920 bits per heavy atom. The van der Waals surface area contributed by atoms with Crippen LogP contribution in [-0.4, -0.2) is 29.9 Å². The first kappa shape index (κ1) is 30.2. The summed E-state index contributed by atoms with van der Waals surface area (Å²) in [4.78, 5) is 29.3. The molecule has 0 radical (unpaired) electrons. The molecule has 0 aliphatic carbocycles. The molecule has 0 spiro atoms. The summed E-state index contributed by atoms with van der Waals surface area (Å²) in [5, 5.41) is 9.52. The van der Waals surface area contributed by atoms with Crippen LogP contribution in [0.1, 0.15) is 5.56 Å². The van der Waals surface area contributed by atoms with E-state index in [1.807, 2.05) is 127 Å². The zero-order chi connectivity index (χ0) is 33.7. The third-order valence-electron chi connectivity index (χ3n) is 8.19. The molecule has 6 aromatic carbocycles. The fourth-order valence-corrected chi connectivity index (χ4v) is 5.69. The Labute approximate surface area is 289 Å². The maximum absolute atomic E-state index is 9.52. The van der Waals surface area contributed by atoms with Crippen LogP contribution >= 0.6 is 0 Å². The fourth-order valence-electron chi connectivity index (χ4n) is 5.69. The van der Waals surface area contributed by atoms with Gasteiger partial charge in [0.15, 0.2) is 34.9 Å². The van der Waals surface area contributed by atoms with Gasteiger partial charge >= 0.3 is 0 Å². The average Bonchev–Trinajstić information content (AvgIpc) is 3.21. The molecular formula is C43H27N7. The Kier molecular flexibility index (Phi) is 8.16. The summed E-state index contributed by atoms with van der Waals surface area (Å²) in [6.07, 6.45) is 0. The molecule has 8 aromatic rings. The largest absolute Gasteiger partial charge is 0.208 e. The SMILES string of the molecule is N#Cc1cccc(-c2nc(-c3ccccc3)nc(-c3cccc(-c4cccc(-c5nc(-c6ccccc6)nc(-c6ccccc6)n5)c4)c3)n2)c1. The van der Waals surface area contributed by atoms with Crippen LogP contribution in [0.15, 0.2) is 164 Å². The summed E-state index contributed by atoms with van der Waals surface area (Å²) in [6.45, 7) is 0. The zero-order valence-corrected chi connectivity index (χ0v) is 26.7. The number of nitriles is 1. The summed E-state index contributed by atoms with van der Waals surface area (Å²) >= 11 is 0. The number of nitrogens with zero attached hydrogens (tertiary/aromatic N) is 7. The van der Waals surface area contributed by atoms with Crippen LogP contribution in [0.3, 0.4) is 0 Å². The van der Waals surface area contributed by atoms with Crippen molar-refractivity contribution in [2.45, 2.75) is 0 Å². The lowest BCUT2D eigenvalue weighted by atomic mass is 10.0. The van der Waals surface area contributed by atoms with Crippen molar-refractivity contribution < 1.29 is 0 Å². The summed E-state index contributed by atoms with van der Waals surface area (Å²) in [5.41, 5.74) is 7.68. The van der Waals surface area contributed by atoms with E-state index in [1.54, 1.807) is 12.1 Å². The van der Waals surface area contributed by atoms with Crippen LogP contribution in [0.5, 0.6) is 0 Å². The highest BCUT2D eigenvalue weighted by Crippen LogP contribution is 2.31. The minimum Gasteiger partial charge on any atom is -0.208 e. The number of benzene rings is 6. The molecule has 0 amide bonds. The maximum atomic E-state index is 9.52. The smallest absolute Gasteiger partial charge is 0.164 e. The van der Waals surface area contributed by atoms with E-state index >= 15 is 0 Å². The van der Waals surface area contributed by atoms with Gasteiger partial charge in [-0.15, -0.1) is 0 Å². The number of hydrogen-bond acceptors (Lipinski definition) is 7. The highest BCUT2D eigenvalue weighted by Gasteiger charge is 2.15. The first-order valence-corrected chi connectivity index (χ1v) is 16.1. The molecule has 0 saturated carbocycles. The second-order valence-electron chi connectivity index (χ2n) is 11.6. The van der Waals surface area contributed by atoms with Crippen LogP contribution < -0.4 is 0 Å². The molecular weight excluding hydrogens is 615 g/mol. The van der Waals surface area contributed by atoms with Crippen LogP contribution in [0.2, 0.25) is 0 Å². The standard InChI is InChI=1S/C43H27N7/c44-28-29-13-10-22-35(25-29)41-46-40(32-18-8-3-9-19-32)49-43(50-41)37-24-12-21-34(27-37)33-20-11-23-36(26-33)42-47-38(30-14-4-1-5-15-30)45-39(48-42)31-16-6-2-7-17-31/h1-27H. The number of hydrogen-bond donors (Lipinski definition) is 0. The van der Waals surface area contributed by atoms with E-state index in [0.29, 0.717) is 40.5 Å². The monoisotopic (exact) mass is 641 g/mol. The molecule has 234 valence electrons. The molecule has 0 N–H and O–H groups in total. The van der Waals surface area contributed by atoms with Gasteiger partial charge in [0.25, 0.3) is 0 Å². The Morgan fingerprint density at radius 2 is 0.560 bits per heavy atom. The summed E-state index contributed by atoms with van der Waals surface area (Å²) < 4.78 is 0. The van der Waals surface area contributed by atoms with Crippen molar-refractivity contribution in [1.29, 1.82) is 5.26 Å². The topological polar surface area (TPSA) is 101 Å². The molecule has 7 heteroatoms. The average molecular weight is 642 g/mol. The van der Waals surface area contributed by atoms with Crippen molar-refractivity contribution >= 4 is 0 Å². The fraction of sp³-hybridized carbons (Fsp3) is 0. The van der Waals surface area contributed by atoms with Gasteiger partial charge in [0, 0.05) is 33.4 Å². The Hall–Kier alpha value is -7.17. The Bertz CT molecular complexity index is 2440. The predicted molar refractivity (Wildman–Crippen MR) is 196 cm³/mol. The van der Waals surface area contributed by atoms with Gasteiger partial charge in [-0.2, -0.15) is 5.26 Å². The molecule has 0 fully saturated rings. The van der Waals surface area contributed by atoms with Gasteiger partial charge in [0.2, 0.25) is 0 Å². The van der Waals surface area contributed by atoms with Crippen LogP contribution in [0.25, 0.3) is 79.5 Å². The molecule has 2 aromatic heterocycles. The molecule has 50 heavy (non-hydrogen) atoms. The van der Waals surface area contributed by atoms with Gasteiger partial charge < -0.3 is 0 Å². The molecule has 2 heterocycles. The van der Waals surface area contributed by atoms with Crippen LogP contribution in [0.4, 0.5) is 0 Å². The molecule has 0 bridgehead atoms. The van der Waals surface area contributed by atoms with Gasteiger partial charge in [-0.25, -0.2) is 29.9 Å². The lowest BCUT2D eigenvalue weighted by molar-refractivity contribution is 1.07. The molecule has 0 aliphatic heterocycles. The van der Waals surface area contributed by atoms with E-state index in [9.17, 15) is 5.26 Å². The summed E-state index contributed by atoms with van der Waals surface area (Å²) in [5.74, 6) is 3.40. The Morgan fingerprint density at radius 1 is 0.280 bits per heavy atom. The van der Waals surface area contributed by atoms with Crippen molar-refractivity contribution in [3.63, 3.8) is 0 Å². The van der Waals surface area contributed by atoms with E-state index in [1.165, 1.54) is 0 Å². The molecule has 8 rings (SSSR count). The first-order valence-electron chi connectivity index (χ1n) is 16.1. The van der Waals surface area contributed by atoms with Crippen molar-refractivity contribution in [3.8, 4) is 85.5 Å². The Balaban J connectivity index is 1.21. The van der Waals surface area contributed by atoms with Crippen LogP contribution in [-0.2, 0) is 0 Å². The van der Waals surface area contributed by atoms with Gasteiger partial charge in [-0.3, -0.25) is 0 Å². The predicted octanol–water partition coefficient (Wildman–Crippen LogP) is 9.60. The van der Waals surface area contributed by atoms with E-state index in [-0.39, 0.29) is 0 Å². The minimum atomic E-state index is 0.497. The van der Waals surface area contributed by atoms with Crippen LogP contribution in [0, 0.1) is 11.3 Å². The normalized spacial score (nSPS) is 10.8. The lowest BCUT2D eigenvalue weighted by Crippen LogP contribution is -2.00. The van der Waals surface area contributed by atoms with Crippen molar-refractivity contribution in [2.75, 3.05) is 0 Å². The van der Waals surface area contributed by atoms with Crippen molar-refractivity contribution in [1.82, 2.24) is 29.9 Å². The van der Waals surface area contributed by atoms with E-state index in [0.717, 1.165) is 44.5 Å². The second kappa shape index (κ2) is 13.5. The van der Waals surface area contributed by atoms with E-state index < -0.39 is 0 Å². The number of rotatable bonds is 7. The third kappa shape index (κ3) is 6.37. The zero-order valence-electron chi connectivity index (χ0n) is 26.7. The second-order valence-corrected chi connectivity index (χ2v) is 11.6. The molecule has 0 saturated heterocycles. The summed E-state index contributed by atoms with van der Waals surface area (Å²) in [6, 6.07) is 55.6. The molecule has 7 nitrogen and oxygen atoms in total. The maximum Gasteiger partial charge on any atom is 0.164 e. The van der Waals surface area contributed by atoms with E-state index in [2.05, 4.69) is 30.3 Å². The highest BCUT2D eigenvalue weighted by molar-refractivity contribution is 5.76. The highest BCUT2D eigenvalue weighted by atomic mass is 15.0. The third-order valence-corrected chi connectivity index (χ3v) is 8.19. The summed E-state index contributed by atoms with van der Waals surface area (Å²) in [7, 11) is 0. The van der Waals surface area contributed by atoms with Crippen molar-refractivity contribution in [3.05, 3.63) is 169 Å². The van der Waals surface area contributed by atoms with Gasteiger partial charge in [-0.05, 0) is 35.4 Å². The number of aromatic nitrogens is 6. The molecule has 0 aliphatic rings. The van der Waals surface area contributed by atoms with E-state index in [4.69, 9.17) is 29.9 Å². The first-order chi connectivity index (χ1) is 24.7. The van der Waals surface area contributed by atoms with Crippen molar-refractivity contribution in [2.24, 2.45) is 0 Å². The quantitative estimate of drug-likeness (QED) is 0.171. The lowest BCUT2D eigenvalue weighted by Gasteiger charge is -2.11. The van der Waals surface area contributed by atoms with Gasteiger partial charge in [-0.1, -0.05) is 140 Å². The van der Waals surface area contributed by atoms with Gasteiger partial charge in [0.1, 0.15) is 0 Å². The molecule has 0 unspecified atom stereocenters. The molecule has 0 atom stereocenters.